The first-order valence-electron chi connectivity index (χ1n) is 9.63. The van der Waals surface area contributed by atoms with Crippen molar-refractivity contribution in [2.24, 2.45) is 5.92 Å². The molecule has 1 saturated heterocycles. The molecule has 2 aliphatic rings. The first-order valence-corrected chi connectivity index (χ1v) is 9.63. The van der Waals surface area contributed by atoms with Crippen molar-refractivity contribution in [3.8, 4) is 0 Å². The number of hydrogen-bond donors (Lipinski definition) is 0. The Morgan fingerprint density at radius 2 is 1.89 bits per heavy atom. The van der Waals surface area contributed by atoms with Crippen LogP contribution in [0.5, 0.6) is 0 Å². The van der Waals surface area contributed by atoms with Crippen LogP contribution in [-0.2, 0) is 11.3 Å². The van der Waals surface area contributed by atoms with Gasteiger partial charge in [0.2, 0.25) is 5.91 Å². The van der Waals surface area contributed by atoms with Gasteiger partial charge in [-0.05, 0) is 18.4 Å². The van der Waals surface area contributed by atoms with Gasteiger partial charge in [0, 0.05) is 12.3 Å². The Hall–Kier alpha value is -2.31. The van der Waals surface area contributed by atoms with Crippen molar-refractivity contribution in [3.05, 3.63) is 48.0 Å². The molecule has 2 fully saturated rings. The van der Waals surface area contributed by atoms with E-state index in [1.807, 2.05) is 30.3 Å². The molecule has 2 heterocycles. The zero-order chi connectivity index (χ0) is 18.9. The second kappa shape index (κ2) is 7.37. The molecule has 1 aromatic heterocycles. The predicted molar refractivity (Wildman–Crippen MR) is 96.2 cm³/mol. The molecule has 1 saturated carbocycles. The minimum atomic E-state index is -2.89. The van der Waals surface area contributed by atoms with Crippen LogP contribution in [0.4, 0.5) is 8.78 Å². The number of hydrogen-bond acceptors (Lipinski definition) is 3. The van der Waals surface area contributed by atoms with E-state index in [4.69, 9.17) is 0 Å². The van der Waals surface area contributed by atoms with Crippen LogP contribution >= 0.6 is 0 Å². The molecule has 1 amide bonds. The number of aromatic nitrogens is 3. The Morgan fingerprint density at radius 3 is 2.63 bits per heavy atom. The fraction of sp³-hybridized carbons (Fsp3) is 0.550. The molecule has 7 heteroatoms. The number of carbonyl (C=O) groups excluding carboxylic acids is 1. The predicted octanol–water partition coefficient (Wildman–Crippen LogP) is 3.82. The third-order valence-electron chi connectivity index (χ3n) is 5.65. The van der Waals surface area contributed by atoms with E-state index < -0.39 is 18.5 Å². The van der Waals surface area contributed by atoms with Crippen molar-refractivity contribution in [2.75, 3.05) is 6.54 Å². The average Bonchev–Trinajstić information content (AvgIpc) is 3.26. The smallest absolute Gasteiger partial charge is 0.267 e. The number of nitrogens with zero attached hydrogens (tertiary/aromatic N) is 4. The van der Waals surface area contributed by atoms with E-state index in [0.717, 1.165) is 37.7 Å². The maximum Gasteiger partial charge on any atom is 0.267 e. The van der Waals surface area contributed by atoms with Gasteiger partial charge in [0.15, 0.2) is 5.82 Å². The van der Waals surface area contributed by atoms with Gasteiger partial charge in [-0.25, -0.2) is 8.78 Å². The lowest BCUT2D eigenvalue weighted by atomic mass is 9.88. The summed E-state index contributed by atoms with van der Waals surface area (Å²) in [6.45, 7) is -0.0259. The number of carbonyl (C=O) groups is 1. The zero-order valence-corrected chi connectivity index (χ0v) is 15.2. The normalized spacial score (nSPS) is 22.9. The van der Waals surface area contributed by atoms with Gasteiger partial charge in [-0.2, -0.15) is 0 Å². The molecule has 2 aromatic rings. The zero-order valence-electron chi connectivity index (χ0n) is 15.2. The van der Waals surface area contributed by atoms with Crippen molar-refractivity contribution >= 4 is 5.91 Å². The van der Waals surface area contributed by atoms with Crippen LogP contribution in [0.3, 0.4) is 0 Å². The first kappa shape index (κ1) is 18.1. The molecule has 1 aliphatic heterocycles. The molecule has 1 aromatic carbocycles. The molecule has 0 unspecified atom stereocenters. The van der Waals surface area contributed by atoms with Crippen LogP contribution in [0.15, 0.2) is 36.7 Å². The van der Waals surface area contributed by atoms with Crippen LogP contribution in [0.1, 0.15) is 56.0 Å². The Labute approximate surface area is 157 Å². The maximum atomic E-state index is 14.3. The Balaban J connectivity index is 1.59. The van der Waals surface area contributed by atoms with Gasteiger partial charge in [-0.1, -0.05) is 49.6 Å². The van der Waals surface area contributed by atoms with E-state index in [0.29, 0.717) is 12.4 Å². The lowest BCUT2D eigenvalue weighted by Crippen LogP contribution is -2.38. The number of amides is 1. The largest absolute Gasteiger partial charge is 0.326 e. The molecule has 1 atom stereocenters. The monoisotopic (exact) mass is 374 g/mol. The van der Waals surface area contributed by atoms with Crippen molar-refractivity contribution in [3.63, 3.8) is 0 Å². The summed E-state index contributed by atoms with van der Waals surface area (Å²) < 4.78 is 30.3. The van der Waals surface area contributed by atoms with Gasteiger partial charge >= 0.3 is 0 Å². The van der Waals surface area contributed by atoms with Crippen LogP contribution < -0.4 is 0 Å². The van der Waals surface area contributed by atoms with Crippen LogP contribution in [0.25, 0.3) is 0 Å². The van der Waals surface area contributed by atoms with Crippen molar-refractivity contribution in [2.45, 2.75) is 57.0 Å². The summed E-state index contributed by atoms with van der Waals surface area (Å²) in [7, 11) is 0. The molecular formula is C20H24F2N4O. The fourth-order valence-corrected chi connectivity index (χ4v) is 4.29. The van der Waals surface area contributed by atoms with Crippen LogP contribution in [-0.4, -0.2) is 38.0 Å². The molecule has 0 spiro atoms. The third kappa shape index (κ3) is 3.87. The van der Waals surface area contributed by atoms with Gasteiger partial charge in [-0.3, -0.25) is 4.79 Å². The number of alkyl halides is 2. The van der Waals surface area contributed by atoms with Crippen LogP contribution in [0, 0.1) is 5.92 Å². The van der Waals surface area contributed by atoms with E-state index >= 15 is 0 Å². The molecular weight excluding hydrogens is 350 g/mol. The Morgan fingerprint density at radius 1 is 1.15 bits per heavy atom. The highest BCUT2D eigenvalue weighted by Crippen LogP contribution is 2.42. The summed E-state index contributed by atoms with van der Waals surface area (Å²) in [4.78, 5) is 14.4. The minimum absolute atomic E-state index is 0.138. The van der Waals surface area contributed by atoms with Gasteiger partial charge in [-0.15, -0.1) is 10.2 Å². The number of benzene rings is 1. The quantitative estimate of drug-likeness (QED) is 0.818. The number of halogens is 2. The SMILES string of the molecule is O=C(C1CCCCC1)N1CC(F)(F)C[C@H]1c1nncn1Cc1ccccc1. The van der Waals surface area contributed by atoms with Gasteiger partial charge in [0.05, 0.1) is 19.1 Å². The summed E-state index contributed by atoms with van der Waals surface area (Å²) >= 11 is 0. The lowest BCUT2D eigenvalue weighted by molar-refractivity contribution is -0.139. The summed E-state index contributed by atoms with van der Waals surface area (Å²) in [6, 6.07) is 9.01. The highest BCUT2D eigenvalue weighted by atomic mass is 19.3. The van der Waals surface area contributed by atoms with Crippen molar-refractivity contribution in [1.82, 2.24) is 19.7 Å². The first-order chi connectivity index (χ1) is 13.0. The van der Waals surface area contributed by atoms with E-state index in [1.54, 1.807) is 10.9 Å². The van der Waals surface area contributed by atoms with E-state index in [-0.39, 0.29) is 18.2 Å². The number of likely N-dealkylation sites (tertiary alicyclic amines) is 1. The van der Waals surface area contributed by atoms with Crippen molar-refractivity contribution in [1.29, 1.82) is 0 Å². The van der Waals surface area contributed by atoms with Gasteiger partial charge in [0.1, 0.15) is 6.33 Å². The average molecular weight is 374 g/mol. The third-order valence-corrected chi connectivity index (χ3v) is 5.65. The van der Waals surface area contributed by atoms with Crippen LogP contribution in [0.2, 0.25) is 0 Å². The molecule has 4 rings (SSSR count). The second-order valence-electron chi connectivity index (χ2n) is 7.68. The highest BCUT2D eigenvalue weighted by Gasteiger charge is 2.50. The molecule has 5 nitrogen and oxygen atoms in total. The van der Waals surface area contributed by atoms with E-state index in [1.165, 1.54) is 4.90 Å². The molecule has 27 heavy (non-hydrogen) atoms. The summed E-state index contributed by atoms with van der Waals surface area (Å²) in [6.07, 6.45) is 5.87. The molecule has 144 valence electrons. The lowest BCUT2D eigenvalue weighted by Gasteiger charge is -2.29. The Kier molecular flexibility index (Phi) is 4.93. The van der Waals surface area contributed by atoms with Gasteiger partial charge < -0.3 is 9.47 Å². The van der Waals surface area contributed by atoms with Gasteiger partial charge in [0.25, 0.3) is 5.92 Å². The molecule has 0 N–H and O–H groups in total. The topological polar surface area (TPSA) is 51.0 Å². The highest BCUT2D eigenvalue weighted by molar-refractivity contribution is 5.79. The minimum Gasteiger partial charge on any atom is -0.326 e. The van der Waals surface area contributed by atoms with Crippen molar-refractivity contribution < 1.29 is 13.6 Å². The fourth-order valence-electron chi connectivity index (χ4n) is 4.29. The van der Waals surface area contributed by atoms with E-state index in [2.05, 4.69) is 10.2 Å². The summed E-state index contributed by atoms with van der Waals surface area (Å²) in [5.74, 6) is -2.73. The Bertz CT molecular complexity index is 786. The summed E-state index contributed by atoms with van der Waals surface area (Å²) in [5, 5.41) is 8.07. The maximum absolute atomic E-state index is 14.3. The molecule has 0 radical (unpaired) electrons. The second-order valence-corrected chi connectivity index (χ2v) is 7.68. The summed E-state index contributed by atoms with van der Waals surface area (Å²) in [5.41, 5.74) is 1.04. The number of rotatable bonds is 4. The van der Waals surface area contributed by atoms with E-state index in [9.17, 15) is 13.6 Å². The standard InChI is InChI=1S/C20H24F2N4O/c21-20(22)11-17(26(13-20)19(27)16-9-5-2-6-10-16)18-24-23-14-25(18)12-15-7-3-1-4-8-15/h1,3-4,7-8,14,16-17H,2,5-6,9-13H2/t17-/m0/s1. The molecule has 0 bridgehead atoms. The molecule has 1 aliphatic carbocycles.